The van der Waals surface area contributed by atoms with Crippen molar-refractivity contribution in [2.75, 3.05) is 0 Å². The van der Waals surface area contributed by atoms with Crippen LogP contribution in [0.25, 0.3) is 0 Å². The first kappa shape index (κ1) is 16.6. The number of nitrogens with zero attached hydrogens (tertiary/aromatic N) is 1. The Labute approximate surface area is 144 Å². The number of thioether (sulfide) groups is 1. The molecular weight excluding hydrogens is 344 g/mol. The van der Waals surface area contributed by atoms with Gasteiger partial charge in [-0.25, -0.2) is 5.10 Å². The van der Waals surface area contributed by atoms with Gasteiger partial charge in [-0.3, -0.25) is 4.79 Å². The highest BCUT2D eigenvalue weighted by Gasteiger charge is 2.21. The number of rotatable bonds is 5. The molecule has 0 saturated carbocycles. The van der Waals surface area contributed by atoms with Crippen molar-refractivity contribution < 1.29 is 8.42 Å². The van der Waals surface area contributed by atoms with Crippen molar-refractivity contribution in [2.45, 2.75) is 22.6 Å². The molecule has 7 heteroatoms. The number of aromatic amines is 1. The lowest BCUT2D eigenvalue weighted by atomic mass is 10.2. The van der Waals surface area contributed by atoms with Crippen LogP contribution in [-0.2, 0) is 15.8 Å². The Morgan fingerprint density at radius 2 is 1.71 bits per heavy atom. The zero-order valence-corrected chi connectivity index (χ0v) is 14.6. The smallest absolute Gasteiger partial charge is 0.268 e. The van der Waals surface area contributed by atoms with Crippen LogP contribution in [0, 0.1) is 6.92 Å². The summed E-state index contributed by atoms with van der Waals surface area (Å²) in [6.07, 6.45) is 0. The van der Waals surface area contributed by atoms with Gasteiger partial charge in [0.2, 0.25) is 0 Å². The number of aryl methyl sites for hydroxylation is 1. The molecule has 0 aliphatic heterocycles. The second-order valence-corrected chi connectivity index (χ2v) is 8.10. The Hall–Kier alpha value is -2.25. The maximum absolute atomic E-state index is 12.8. The summed E-state index contributed by atoms with van der Waals surface area (Å²) >= 11 is 1.30. The molecule has 5 nitrogen and oxygen atoms in total. The molecular formula is C17H16N2O3S2. The zero-order valence-electron chi connectivity index (χ0n) is 13.0. The summed E-state index contributed by atoms with van der Waals surface area (Å²) in [5, 5.41) is 2.75. The summed E-state index contributed by atoms with van der Waals surface area (Å²) in [5.74, 6) is 0.571. The second kappa shape index (κ2) is 6.70. The Balaban J connectivity index is 1.93. The lowest BCUT2D eigenvalue weighted by Crippen LogP contribution is -2.17. The van der Waals surface area contributed by atoms with Crippen LogP contribution in [0.2, 0.25) is 0 Å². The quantitative estimate of drug-likeness (QED) is 0.710. The molecule has 24 heavy (non-hydrogen) atoms. The fourth-order valence-electron chi connectivity index (χ4n) is 2.18. The van der Waals surface area contributed by atoms with Gasteiger partial charge in [-0.2, -0.15) is 12.5 Å². The summed E-state index contributed by atoms with van der Waals surface area (Å²) in [7, 11) is -3.83. The van der Waals surface area contributed by atoms with Crippen molar-refractivity contribution in [3.8, 4) is 0 Å². The van der Waals surface area contributed by atoms with Crippen LogP contribution in [0.5, 0.6) is 0 Å². The van der Waals surface area contributed by atoms with Crippen LogP contribution in [0.1, 0.15) is 11.1 Å². The standard InChI is InChI=1S/C17H16N2O3S2/c1-13-7-9-15(10-8-13)24(21,22)19-17(11-16(20)18-19)23-12-14-5-3-2-4-6-14/h2-11H,12H2,1H3,(H,18,20). The van der Waals surface area contributed by atoms with Gasteiger partial charge in [0.15, 0.2) is 0 Å². The molecule has 0 amide bonds. The molecule has 3 aromatic rings. The number of benzene rings is 2. The van der Waals surface area contributed by atoms with E-state index in [1.165, 1.54) is 30.0 Å². The Morgan fingerprint density at radius 3 is 2.38 bits per heavy atom. The lowest BCUT2D eigenvalue weighted by Gasteiger charge is -2.09. The molecule has 0 spiro atoms. The van der Waals surface area contributed by atoms with Crippen molar-refractivity contribution in [3.05, 3.63) is 82.1 Å². The number of hydrogen-bond donors (Lipinski definition) is 1. The van der Waals surface area contributed by atoms with E-state index in [1.807, 2.05) is 37.3 Å². The van der Waals surface area contributed by atoms with Gasteiger partial charge < -0.3 is 0 Å². The normalized spacial score (nSPS) is 11.5. The van der Waals surface area contributed by atoms with Crippen molar-refractivity contribution in [3.63, 3.8) is 0 Å². The SMILES string of the molecule is Cc1ccc(S(=O)(=O)n2[nH]c(=O)cc2SCc2ccccc2)cc1. The van der Waals surface area contributed by atoms with Gasteiger partial charge in [0.25, 0.3) is 15.6 Å². The molecule has 0 fully saturated rings. The minimum atomic E-state index is -3.83. The fraction of sp³-hybridized carbons (Fsp3) is 0.118. The lowest BCUT2D eigenvalue weighted by molar-refractivity contribution is 0.573. The molecule has 0 aliphatic rings. The maximum Gasteiger partial charge on any atom is 0.282 e. The van der Waals surface area contributed by atoms with Crippen molar-refractivity contribution in [1.82, 2.24) is 9.19 Å². The van der Waals surface area contributed by atoms with E-state index in [1.54, 1.807) is 12.1 Å². The second-order valence-electron chi connectivity index (χ2n) is 5.32. The largest absolute Gasteiger partial charge is 0.282 e. The van der Waals surface area contributed by atoms with Gasteiger partial charge in [-0.05, 0) is 24.6 Å². The van der Waals surface area contributed by atoms with E-state index < -0.39 is 15.6 Å². The van der Waals surface area contributed by atoms with Crippen molar-refractivity contribution in [2.24, 2.45) is 0 Å². The van der Waals surface area contributed by atoms with Crippen LogP contribution >= 0.6 is 11.8 Å². The van der Waals surface area contributed by atoms with E-state index in [0.717, 1.165) is 15.2 Å². The molecule has 124 valence electrons. The fourth-order valence-corrected chi connectivity index (χ4v) is 4.69. The van der Waals surface area contributed by atoms with Crippen LogP contribution in [0.15, 0.2) is 75.4 Å². The van der Waals surface area contributed by atoms with Gasteiger partial charge in [0.05, 0.1) is 4.90 Å². The maximum atomic E-state index is 12.8. The first-order valence-corrected chi connectivity index (χ1v) is 9.70. The molecule has 0 aliphatic carbocycles. The van der Waals surface area contributed by atoms with Crippen LogP contribution < -0.4 is 5.56 Å². The van der Waals surface area contributed by atoms with Crippen molar-refractivity contribution >= 4 is 21.8 Å². The summed E-state index contributed by atoms with van der Waals surface area (Å²) in [5.41, 5.74) is 1.57. The van der Waals surface area contributed by atoms with E-state index in [-0.39, 0.29) is 4.90 Å². The molecule has 3 rings (SSSR count). The molecule has 0 saturated heterocycles. The highest BCUT2D eigenvalue weighted by atomic mass is 32.2. The third kappa shape index (κ3) is 3.47. The van der Waals surface area contributed by atoms with Gasteiger partial charge in [0, 0.05) is 11.8 Å². The Kier molecular flexibility index (Phi) is 4.64. The molecule has 0 bridgehead atoms. The third-order valence-electron chi connectivity index (χ3n) is 3.46. The predicted molar refractivity (Wildman–Crippen MR) is 94.8 cm³/mol. The number of hydrogen-bond acceptors (Lipinski definition) is 4. The van der Waals surface area contributed by atoms with Gasteiger partial charge in [-0.15, -0.1) is 11.8 Å². The molecule has 0 radical (unpaired) electrons. The Bertz CT molecular complexity index is 988. The molecule has 2 aromatic carbocycles. The molecule has 0 atom stereocenters. The van der Waals surface area contributed by atoms with Gasteiger partial charge >= 0.3 is 0 Å². The minimum Gasteiger partial charge on any atom is -0.268 e. The van der Waals surface area contributed by atoms with Gasteiger partial charge in [-0.1, -0.05) is 48.0 Å². The average Bonchev–Trinajstić information content (AvgIpc) is 2.96. The first-order valence-electron chi connectivity index (χ1n) is 7.28. The van der Waals surface area contributed by atoms with Gasteiger partial charge in [0.1, 0.15) is 5.03 Å². The molecule has 0 unspecified atom stereocenters. The van der Waals surface area contributed by atoms with Crippen LogP contribution in [-0.4, -0.2) is 17.6 Å². The predicted octanol–water partition coefficient (Wildman–Crippen LogP) is 3.01. The van der Waals surface area contributed by atoms with Crippen molar-refractivity contribution in [1.29, 1.82) is 0 Å². The molecule has 1 heterocycles. The third-order valence-corrected chi connectivity index (χ3v) is 6.28. The van der Waals surface area contributed by atoms with E-state index in [2.05, 4.69) is 5.10 Å². The first-order chi connectivity index (χ1) is 11.5. The Morgan fingerprint density at radius 1 is 1.04 bits per heavy atom. The van der Waals surface area contributed by atoms with Crippen LogP contribution in [0.3, 0.4) is 0 Å². The minimum absolute atomic E-state index is 0.140. The number of nitrogens with one attached hydrogen (secondary N) is 1. The van der Waals surface area contributed by atoms with E-state index in [0.29, 0.717) is 10.8 Å². The number of H-pyrrole nitrogens is 1. The van der Waals surface area contributed by atoms with E-state index >= 15 is 0 Å². The van der Waals surface area contributed by atoms with Crippen LogP contribution in [0.4, 0.5) is 0 Å². The monoisotopic (exact) mass is 360 g/mol. The summed E-state index contributed by atoms with van der Waals surface area (Å²) < 4.78 is 26.5. The molecule has 1 N–H and O–H groups in total. The molecule has 1 aromatic heterocycles. The number of aromatic nitrogens is 2. The zero-order chi connectivity index (χ0) is 17.2. The topological polar surface area (TPSA) is 71.9 Å². The summed E-state index contributed by atoms with van der Waals surface area (Å²) in [6, 6.07) is 17.5. The highest BCUT2D eigenvalue weighted by molar-refractivity contribution is 7.99. The summed E-state index contributed by atoms with van der Waals surface area (Å²) in [6.45, 7) is 1.88. The highest BCUT2D eigenvalue weighted by Crippen LogP contribution is 2.24. The van der Waals surface area contributed by atoms with E-state index in [4.69, 9.17) is 0 Å². The average molecular weight is 360 g/mol. The van der Waals surface area contributed by atoms with E-state index in [9.17, 15) is 13.2 Å². The summed E-state index contributed by atoms with van der Waals surface area (Å²) in [4.78, 5) is 11.8.